The fraction of sp³-hybridized carbons (Fsp3) is 0.0370. The third-order valence-corrected chi connectivity index (χ3v) is 5.26. The topological polar surface area (TPSA) is 0 Å². The number of rotatable bonds is 2. The molecular weight excluding hydrogens is 324 g/mol. The molecule has 0 aliphatic heterocycles. The SMILES string of the molecule is C1=C(c2ccccc2)C=c2ccc(-c3ccc4ccccc4c3)cc2=CC1. The molecule has 0 nitrogen and oxygen atoms in total. The third-order valence-electron chi connectivity index (χ3n) is 5.26. The minimum absolute atomic E-state index is 0.953. The van der Waals surface area contributed by atoms with Gasteiger partial charge in [0.1, 0.15) is 0 Å². The average Bonchev–Trinajstić information content (AvgIpc) is 2.96. The highest BCUT2D eigenvalue weighted by Crippen LogP contribution is 2.23. The highest BCUT2D eigenvalue weighted by molar-refractivity contribution is 5.90. The molecule has 4 aromatic rings. The molecule has 0 bridgehead atoms. The normalized spacial score (nSPS) is 13.1. The van der Waals surface area contributed by atoms with Crippen LogP contribution in [0.4, 0.5) is 0 Å². The first-order valence-corrected chi connectivity index (χ1v) is 9.44. The minimum atomic E-state index is 0.953. The average molecular weight is 344 g/mol. The van der Waals surface area contributed by atoms with Gasteiger partial charge in [-0.25, -0.2) is 0 Å². The van der Waals surface area contributed by atoms with Crippen LogP contribution < -0.4 is 10.4 Å². The molecule has 0 saturated heterocycles. The Balaban J connectivity index is 1.59. The smallest absolute Gasteiger partial charge is 0.0151 e. The van der Waals surface area contributed by atoms with Crippen LogP contribution in [0.1, 0.15) is 12.0 Å². The van der Waals surface area contributed by atoms with E-state index in [1.807, 2.05) is 0 Å². The summed E-state index contributed by atoms with van der Waals surface area (Å²) in [4.78, 5) is 0. The minimum Gasteiger partial charge on any atom is -0.0728 e. The Morgan fingerprint density at radius 1 is 0.481 bits per heavy atom. The molecule has 5 rings (SSSR count). The summed E-state index contributed by atoms with van der Waals surface area (Å²) < 4.78 is 0. The van der Waals surface area contributed by atoms with E-state index in [0.29, 0.717) is 0 Å². The van der Waals surface area contributed by atoms with Gasteiger partial charge in [-0.2, -0.15) is 0 Å². The Hall–Kier alpha value is -3.38. The summed E-state index contributed by atoms with van der Waals surface area (Å²) in [5.41, 5.74) is 5.11. The van der Waals surface area contributed by atoms with Gasteiger partial charge >= 0.3 is 0 Å². The zero-order chi connectivity index (χ0) is 18.1. The van der Waals surface area contributed by atoms with Crippen LogP contribution in [-0.4, -0.2) is 0 Å². The number of allylic oxidation sites excluding steroid dienone is 2. The van der Waals surface area contributed by atoms with Crippen LogP contribution in [0.15, 0.2) is 97.1 Å². The maximum atomic E-state index is 2.33. The molecule has 128 valence electrons. The Labute approximate surface area is 159 Å². The van der Waals surface area contributed by atoms with Crippen LogP contribution in [0.2, 0.25) is 0 Å². The number of hydrogen-bond donors (Lipinski definition) is 0. The summed E-state index contributed by atoms with van der Waals surface area (Å²) >= 11 is 0. The molecule has 1 aliphatic carbocycles. The summed E-state index contributed by atoms with van der Waals surface area (Å²) in [7, 11) is 0. The second-order valence-electron chi connectivity index (χ2n) is 7.02. The van der Waals surface area contributed by atoms with E-state index in [1.165, 1.54) is 43.5 Å². The Bertz CT molecular complexity index is 1270. The molecular formula is C27H20. The highest BCUT2D eigenvalue weighted by Gasteiger charge is 2.03. The summed E-state index contributed by atoms with van der Waals surface area (Å²) in [5, 5.41) is 5.16. The fourth-order valence-electron chi connectivity index (χ4n) is 3.80. The Kier molecular flexibility index (Phi) is 3.95. The lowest BCUT2D eigenvalue weighted by Crippen LogP contribution is -2.23. The van der Waals surface area contributed by atoms with E-state index in [-0.39, 0.29) is 0 Å². The van der Waals surface area contributed by atoms with Gasteiger partial charge in [0.15, 0.2) is 0 Å². The van der Waals surface area contributed by atoms with Crippen molar-refractivity contribution >= 4 is 28.5 Å². The highest BCUT2D eigenvalue weighted by atomic mass is 14.1. The molecule has 0 unspecified atom stereocenters. The van der Waals surface area contributed by atoms with Crippen LogP contribution in [0.5, 0.6) is 0 Å². The van der Waals surface area contributed by atoms with Gasteiger partial charge in [0.05, 0.1) is 0 Å². The van der Waals surface area contributed by atoms with Gasteiger partial charge in [0.25, 0.3) is 0 Å². The molecule has 0 radical (unpaired) electrons. The van der Waals surface area contributed by atoms with Crippen molar-refractivity contribution in [3.8, 4) is 11.1 Å². The first kappa shape index (κ1) is 15.8. The molecule has 0 saturated carbocycles. The molecule has 0 atom stereocenters. The van der Waals surface area contributed by atoms with Crippen LogP contribution >= 0.6 is 0 Å². The molecule has 0 heteroatoms. The third kappa shape index (κ3) is 3.11. The predicted octanol–water partition coefficient (Wildman–Crippen LogP) is 5.56. The van der Waals surface area contributed by atoms with Crippen LogP contribution in [0.25, 0.3) is 39.6 Å². The summed E-state index contributed by atoms with van der Waals surface area (Å²) in [6, 6.07) is 32.7. The van der Waals surface area contributed by atoms with Crippen molar-refractivity contribution in [3.05, 3.63) is 113 Å². The monoisotopic (exact) mass is 344 g/mol. The number of benzene rings is 4. The maximum Gasteiger partial charge on any atom is -0.0151 e. The zero-order valence-corrected chi connectivity index (χ0v) is 15.1. The predicted molar refractivity (Wildman–Crippen MR) is 117 cm³/mol. The number of hydrogen-bond acceptors (Lipinski definition) is 0. The largest absolute Gasteiger partial charge is 0.0728 e. The molecule has 0 heterocycles. The van der Waals surface area contributed by atoms with Crippen molar-refractivity contribution in [2.24, 2.45) is 0 Å². The second kappa shape index (κ2) is 6.74. The van der Waals surface area contributed by atoms with Gasteiger partial charge < -0.3 is 0 Å². The van der Waals surface area contributed by atoms with E-state index < -0.39 is 0 Å². The lowest BCUT2D eigenvalue weighted by Gasteiger charge is -2.05. The quantitative estimate of drug-likeness (QED) is 0.447. The van der Waals surface area contributed by atoms with Crippen molar-refractivity contribution < 1.29 is 0 Å². The lowest BCUT2D eigenvalue weighted by atomic mass is 9.99. The molecule has 0 aromatic heterocycles. The summed E-state index contributed by atoms with van der Waals surface area (Å²) in [6.07, 6.45) is 7.89. The zero-order valence-electron chi connectivity index (χ0n) is 15.1. The molecule has 27 heavy (non-hydrogen) atoms. The van der Waals surface area contributed by atoms with Crippen molar-refractivity contribution in [2.75, 3.05) is 0 Å². The molecule has 0 amide bonds. The van der Waals surface area contributed by atoms with E-state index in [2.05, 4.69) is 109 Å². The van der Waals surface area contributed by atoms with Crippen molar-refractivity contribution in [2.45, 2.75) is 6.42 Å². The van der Waals surface area contributed by atoms with Crippen LogP contribution in [-0.2, 0) is 0 Å². The summed E-state index contributed by atoms with van der Waals surface area (Å²) in [6.45, 7) is 0. The van der Waals surface area contributed by atoms with Gasteiger partial charge in [0, 0.05) is 0 Å². The van der Waals surface area contributed by atoms with Gasteiger partial charge in [-0.3, -0.25) is 0 Å². The molecule has 4 aromatic carbocycles. The van der Waals surface area contributed by atoms with Crippen LogP contribution in [0.3, 0.4) is 0 Å². The van der Waals surface area contributed by atoms with E-state index in [0.717, 1.165) is 6.42 Å². The second-order valence-corrected chi connectivity index (χ2v) is 7.02. The Morgan fingerprint density at radius 3 is 2.11 bits per heavy atom. The van der Waals surface area contributed by atoms with Gasteiger partial charge in [0.2, 0.25) is 0 Å². The lowest BCUT2D eigenvalue weighted by molar-refractivity contribution is 1.45. The van der Waals surface area contributed by atoms with Crippen molar-refractivity contribution in [1.82, 2.24) is 0 Å². The molecule has 1 aliphatic rings. The molecule has 0 N–H and O–H groups in total. The van der Waals surface area contributed by atoms with E-state index >= 15 is 0 Å². The molecule has 0 spiro atoms. The summed E-state index contributed by atoms with van der Waals surface area (Å²) in [5.74, 6) is 0. The number of fused-ring (bicyclic) bond motifs is 2. The van der Waals surface area contributed by atoms with Gasteiger partial charge in [-0.1, -0.05) is 91.0 Å². The standard InChI is InChI=1S/C27H20/c1-2-7-20(8-3-1)23-11-6-12-24-19-27(16-15-25(24)18-23)26-14-13-21-9-4-5-10-22(21)17-26/h1-5,7-19H,6H2. The van der Waals surface area contributed by atoms with E-state index in [4.69, 9.17) is 0 Å². The Morgan fingerprint density at radius 2 is 1.22 bits per heavy atom. The first-order chi connectivity index (χ1) is 13.4. The first-order valence-electron chi connectivity index (χ1n) is 9.44. The van der Waals surface area contributed by atoms with E-state index in [1.54, 1.807) is 0 Å². The molecule has 0 fully saturated rings. The van der Waals surface area contributed by atoms with Crippen LogP contribution in [0, 0.1) is 0 Å². The van der Waals surface area contributed by atoms with E-state index in [9.17, 15) is 0 Å². The van der Waals surface area contributed by atoms with Gasteiger partial charge in [-0.15, -0.1) is 0 Å². The fourth-order valence-corrected chi connectivity index (χ4v) is 3.80. The van der Waals surface area contributed by atoms with Gasteiger partial charge in [-0.05, 0) is 68.1 Å². The van der Waals surface area contributed by atoms with Crippen molar-refractivity contribution in [1.29, 1.82) is 0 Å². The van der Waals surface area contributed by atoms with Crippen molar-refractivity contribution in [3.63, 3.8) is 0 Å². The maximum absolute atomic E-state index is 2.33.